The molecule has 1 spiro atoms. The van der Waals surface area contributed by atoms with Gasteiger partial charge in [0.05, 0.1) is 7.16 Å². The second-order valence-electron chi connectivity index (χ2n) is 5.93. The molecule has 3 nitrogen and oxygen atoms in total. The van der Waals surface area contributed by atoms with Crippen LogP contribution in [0.4, 0.5) is 0 Å². The number of hydrogen-bond acceptors (Lipinski definition) is 3. The molecule has 0 unspecified atom stereocenters. The van der Waals surface area contributed by atoms with Crippen LogP contribution in [0, 0.1) is 0 Å². The van der Waals surface area contributed by atoms with Crippen molar-refractivity contribution in [1.29, 1.82) is 0 Å². The highest BCUT2D eigenvalue weighted by Crippen LogP contribution is 2.50. The first kappa shape index (κ1) is 17.4. The summed E-state index contributed by atoms with van der Waals surface area (Å²) in [5, 5.41) is 0. The topological polar surface area (TPSA) is 35.5 Å². The average Bonchev–Trinajstić information content (AvgIpc) is 3.00. The summed E-state index contributed by atoms with van der Waals surface area (Å²) in [6.07, 6.45) is 3.05. The van der Waals surface area contributed by atoms with E-state index in [9.17, 15) is 4.79 Å². The maximum Gasteiger partial charge on any atom is 0.212 e. The van der Waals surface area contributed by atoms with E-state index >= 15 is 0 Å². The Morgan fingerprint density at radius 2 is 1.12 bits per heavy atom. The van der Waals surface area contributed by atoms with Crippen molar-refractivity contribution < 1.29 is 14.3 Å². The molecule has 2 aromatic carbocycles. The van der Waals surface area contributed by atoms with Crippen molar-refractivity contribution in [2.24, 2.45) is 0 Å². The number of Topliss-reactive ketones (excluding diaryl/α,β-unsaturated/α-hetero) is 1. The van der Waals surface area contributed by atoms with Crippen molar-refractivity contribution in [3.05, 3.63) is 91.1 Å². The van der Waals surface area contributed by atoms with Gasteiger partial charge in [-0.2, -0.15) is 0 Å². The molecule has 2 aliphatic rings. The molecule has 25 heavy (non-hydrogen) atoms. The zero-order chi connectivity index (χ0) is 17.4. The number of carbonyl (C=O) groups is 1. The van der Waals surface area contributed by atoms with Crippen molar-refractivity contribution in [1.82, 2.24) is 0 Å². The predicted octanol–water partition coefficient (Wildman–Crippen LogP) is 5.43. The van der Waals surface area contributed by atoms with E-state index in [1.807, 2.05) is 106 Å². The van der Waals surface area contributed by atoms with Crippen LogP contribution in [0.3, 0.4) is 0 Å². The summed E-state index contributed by atoms with van der Waals surface area (Å²) in [5.74, 6) is -0.999. The molecule has 0 radical (unpaired) electrons. The Morgan fingerprint density at radius 3 is 1.52 bits per heavy atom. The summed E-state index contributed by atoms with van der Waals surface area (Å²) < 4.78 is 14.0. The molecule has 4 rings (SSSR count). The van der Waals surface area contributed by atoms with Crippen LogP contribution in [0.25, 0.3) is 0 Å². The Balaban J connectivity index is 1.79. The molecule has 126 valence electrons. The van der Waals surface area contributed by atoms with Crippen LogP contribution >= 0.6 is 45.2 Å². The lowest BCUT2D eigenvalue weighted by Crippen LogP contribution is -2.29. The number of carbonyl (C=O) groups excluding carboxylic acids is 1. The van der Waals surface area contributed by atoms with Crippen LogP contribution in [0.1, 0.15) is 23.3 Å². The van der Waals surface area contributed by atoms with E-state index in [0.717, 1.165) is 11.1 Å². The second-order valence-corrected chi connectivity index (χ2v) is 8.26. The lowest BCUT2D eigenvalue weighted by molar-refractivity contribution is -0.115. The van der Waals surface area contributed by atoms with Gasteiger partial charge in [-0.15, -0.1) is 0 Å². The Labute approximate surface area is 173 Å². The third-order valence-electron chi connectivity index (χ3n) is 4.24. The van der Waals surface area contributed by atoms with E-state index in [2.05, 4.69) is 0 Å². The predicted molar refractivity (Wildman–Crippen MR) is 112 cm³/mol. The van der Waals surface area contributed by atoms with E-state index in [1.54, 1.807) is 12.2 Å². The van der Waals surface area contributed by atoms with Crippen LogP contribution in [0.5, 0.6) is 0 Å². The quantitative estimate of drug-likeness (QED) is 0.463. The molecule has 1 saturated heterocycles. The van der Waals surface area contributed by atoms with Crippen molar-refractivity contribution in [2.75, 3.05) is 0 Å². The van der Waals surface area contributed by atoms with Gasteiger partial charge < -0.3 is 9.47 Å². The molecule has 1 aliphatic heterocycles. The van der Waals surface area contributed by atoms with Crippen molar-refractivity contribution >= 4 is 51.0 Å². The number of allylic oxidation sites excluding steroid dienone is 2. The van der Waals surface area contributed by atoms with Gasteiger partial charge in [-0.1, -0.05) is 60.7 Å². The van der Waals surface area contributed by atoms with Crippen molar-refractivity contribution in [3.63, 3.8) is 0 Å². The van der Waals surface area contributed by atoms with Gasteiger partial charge >= 0.3 is 0 Å². The lowest BCUT2D eigenvalue weighted by atomic mass is 9.99. The highest BCUT2D eigenvalue weighted by atomic mass is 127. The first-order valence-corrected chi connectivity index (χ1v) is 10.0. The molecule has 5 heteroatoms. The van der Waals surface area contributed by atoms with Gasteiger partial charge in [-0.05, 0) is 68.5 Å². The maximum atomic E-state index is 12.1. The highest BCUT2D eigenvalue weighted by Gasteiger charge is 2.48. The number of rotatable bonds is 2. The minimum atomic E-state index is -1.01. The Bertz CT molecular complexity index is 788. The molecular weight excluding hydrogens is 542 g/mol. The Hall–Kier alpha value is -1.03. The number of hydrogen-bond donors (Lipinski definition) is 0. The highest BCUT2D eigenvalue weighted by molar-refractivity contribution is 14.1. The Morgan fingerprint density at radius 1 is 0.720 bits per heavy atom. The fourth-order valence-corrected chi connectivity index (χ4v) is 5.06. The Kier molecular flexibility index (Phi) is 4.83. The second kappa shape index (κ2) is 6.94. The zero-order valence-corrected chi connectivity index (χ0v) is 17.4. The van der Waals surface area contributed by atoms with Crippen LogP contribution in [-0.4, -0.2) is 11.6 Å². The molecule has 0 saturated carbocycles. The third kappa shape index (κ3) is 3.34. The van der Waals surface area contributed by atoms with Crippen LogP contribution in [-0.2, 0) is 14.3 Å². The largest absolute Gasteiger partial charge is 0.332 e. The standard InChI is InChI=1S/C20H14I2O3/c21-15-11-20(12-16(22)17(15)23)24-18(13-7-3-1-4-8-13)19(25-20)14-9-5-2-6-10-14/h1-12,18-19H/t18-,19-/m1/s1. The number of halogens is 2. The molecule has 0 amide bonds. The first-order chi connectivity index (χ1) is 12.1. The van der Waals surface area contributed by atoms with Crippen molar-refractivity contribution in [2.45, 2.75) is 18.0 Å². The molecule has 2 aromatic rings. The van der Waals surface area contributed by atoms with Gasteiger partial charge in [0.2, 0.25) is 11.6 Å². The van der Waals surface area contributed by atoms with Gasteiger partial charge in [0, 0.05) is 0 Å². The normalized spacial score (nSPS) is 25.0. The summed E-state index contributed by atoms with van der Waals surface area (Å²) in [4.78, 5) is 12.1. The molecule has 1 aliphatic carbocycles. The van der Waals surface area contributed by atoms with E-state index in [4.69, 9.17) is 9.47 Å². The third-order valence-corrected chi connectivity index (χ3v) is 5.85. The van der Waals surface area contributed by atoms with E-state index in [1.165, 1.54) is 0 Å². The monoisotopic (exact) mass is 556 g/mol. The van der Waals surface area contributed by atoms with Gasteiger partial charge in [-0.3, -0.25) is 4.79 Å². The van der Waals surface area contributed by atoms with Crippen LogP contribution in [0.15, 0.2) is 80.0 Å². The SMILES string of the molecule is O=C1C(I)=CC2(C=C1I)O[C@H](c1ccccc1)[C@@H](c1ccccc1)O2. The molecular formula is C20H14I2O3. The zero-order valence-electron chi connectivity index (χ0n) is 13.1. The maximum absolute atomic E-state index is 12.1. The molecule has 2 atom stereocenters. The number of ether oxygens (including phenoxy) is 2. The van der Waals surface area contributed by atoms with E-state index < -0.39 is 5.79 Å². The van der Waals surface area contributed by atoms with E-state index in [0.29, 0.717) is 7.16 Å². The number of benzene rings is 2. The first-order valence-electron chi connectivity index (χ1n) is 7.85. The molecule has 0 aromatic heterocycles. The molecule has 0 N–H and O–H groups in total. The lowest BCUT2D eigenvalue weighted by Gasteiger charge is -2.25. The number of ketones is 1. The molecule has 1 heterocycles. The van der Waals surface area contributed by atoms with Gasteiger partial charge in [-0.25, -0.2) is 0 Å². The fourth-order valence-electron chi connectivity index (χ4n) is 3.10. The molecule has 0 bridgehead atoms. The van der Waals surface area contributed by atoms with Gasteiger partial charge in [0.25, 0.3) is 0 Å². The minimum Gasteiger partial charge on any atom is -0.332 e. The summed E-state index contributed by atoms with van der Waals surface area (Å²) in [6.45, 7) is 0. The summed E-state index contributed by atoms with van der Waals surface area (Å²) in [7, 11) is 0. The minimum absolute atomic E-state index is 0.0125. The smallest absolute Gasteiger partial charge is 0.212 e. The van der Waals surface area contributed by atoms with Gasteiger partial charge in [0.15, 0.2) is 0 Å². The van der Waals surface area contributed by atoms with Crippen LogP contribution < -0.4 is 0 Å². The van der Waals surface area contributed by atoms with Crippen molar-refractivity contribution in [3.8, 4) is 0 Å². The summed E-state index contributed by atoms with van der Waals surface area (Å²) in [5.41, 5.74) is 2.11. The molecule has 1 fully saturated rings. The summed E-state index contributed by atoms with van der Waals surface area (Å²) in [6, 6.07) is 20.1. The fraction of sp³-hybridized carbons (Fsp3) is 0.150. The van der Waals surface area contributed by atoms with Gasteiger partial charge in [0.1, 0.15) is 12.2 Å². The van der Waals surface area contributed by atoms with E-state index in [-0.39, 0.29) is 18.0 Å². The van der Waals surface area contributed by atoms with Crippen LogP contribution in [0.2, 0.25) is 0 Å². The summed E-state index contributed by atoms with van der Waals surface area (Å²) >= 11 is 4.09. The average molecular weight is 556 g/mol.